The van der Waals surface area contributed by atoms with Gasteiger partial charge in [-0.15, -0.1) is 0 Å². The lowest BCUT2D eigenvalue weighted by atomic mass is 10.1. The van der Waals surface area contributed by atoms with Crippen molar-refractivity contribution in [2.24, 2.45) is 0 Å². The number of nitrogens with zero attached hydrogens (tertiary/aromatic N) is 1. The molecule has 2 aromatic carbocycles. The summed E-state index contributed by atoms with van der Waals surface area (Å²) in [6, 6.07) is 16.5. The van der Waals surface area contributed by atoms with E-state index in [9.17, 15) is 14.4 Å². The number of benzene rings is 2. The van der Waals surface area contributed by atoms with Crippen LogP contribution in [0.2, 0.25) is 5.02 Å². The maximum Gasteiger partial charge on any atom is 0.293 e. The predicted molar refractivity (Wildman–Crippen MR) is 107 cm³/mol. The number of nitrogens with one attached hydrogen (secondary N) is 1. The van der Waals surface area contributed by atoms with E-state index < -0.39 is 0 Å². The van der Waals surface area contributed by atoms with Gasteiger partial charge >= 0.3 is 0 Å². The fourth-order valence-corrected chi connectivity index (χ4v) is 3.65. The van der Waals surface area contributed by atoms with E-state index >= 15 is 0 Å². The number of hydrogen-bond acceptors (Lipinski definition) is 4. The lowest BCUT2D eigenvalue weighted by molar-refractivity contribution is -0.124. The van der Waals surface area contributed by atoms with Crippen LogP contribution in [0.25, 0.3) is 6.08 Å². The maximum atomic E-state index is 12.4. The fraction of sp³-hybridized carbons (Fsp3) is 0.150. The first-order chi connectivity index (χ1) is 13.0. The number of hydrogen-bond donors (Lipinski definition) is 1. The van der Waals surface area contributed by atoms with E-state index in [0.717, 1.165) is 27.8 Å². The molecular formula is C20H17ClN2O3S. The van der Waals surface area contributed by atoms with E-state index in [0.29, 0.717) is 9.93 Å². The average Bonchev–Trinajstić information content (AvgIpc) is 2.92. The zero-order valence-electron chi connectivity index (χ0n) is 14.4. The van der Waals surface area contributed by atoms with Gasteiger partial charge in [-0.3, -0.25) is 19.3 Å². The van der Waals surface area contributed by atoms with Crippen LogP contribution in [0.5, 0.6) is 0 Å². The molecule has 0 saturated carbocycles. The van der Waals surface area contributed by atoms with Gasteiger partial charge in [0.25, 0.3) is 11.1 Å². The summed E-state index contributed by atoms with van der Waals surface area (Å²) in [5.41, 5.74) is 1.59. The van der Waals surface area contributed by atoms with Crippen LogP contribution in [0.15, 0.2) is 59.5 Å². The molecule has 0 aromatic heterocycles. The standard InChI is InChI=1S/C20H17ClN2O3S/c21-16-9-5-4-8-15(16)13-18(24)22-10-11-23-19(25)17(27-20(23)26)12-14-6-2-1-3-7-14/h1-9,12H,10-11,13H2,(H,22,24)/b17-12+. The van der Waals surface area contributed by atoms with E-state index in [1.807, 2.05) is 36.4 Å². The van der Waals surface area contributed by atoms with Gasteiger partial charge in [0, 0.05) is 18.1 Å². The molecule has 1 aliphatic heterocycles. The Hall–Kier alpha value is -2.57. The van der Waals surface area contributed by atoms with Crippen molar-refractivity contribution >= 4 is 46.5 Å². The highest BCUT2D eigenvalue weighted by Crippen LogP contribution is 2.31. The largest absolute Gasteiger partial charge is 0.354 e. The molecule has 0 radical (unpaired) electrons. The molecule has 7 heteroatoms. The third-order valence-corrected chi connectivity index (χ3v) is 5.21. The topological polar surface area (TPSA) is 66.5 Å². The van der Waals surface area contributed by atoms with Gasteiger partial charge in [-0.25, -0.2) is 0 Å². The van der Waals surface area contributed by atoms with E-state index in [2.05, 4.69) is 5.32 Å². The van der Waals surface area contributed by atoms with Crippen LogP contribution in [0.3, 0.4) is 0 Å². The molecule has 1 heterocycles. The number of carbonyl (C=O) groups excluding carboxylic acids is 3. The van der Waals surface area contributed by atoms with Crippen LogP contribution in [0.4, 0.5) is 4.79 Å². The summed E-state index contributed by atoms with van der Waals surface area (Å²) in [5, 5.41) is 2.92. The Labute approximate surface area is 166 Å². The quantitative estimate of drug-likeness (QED) is 0.750. The molecule has 138 valence electrons. The first kappa shape index (κ1) is 19.2. The van der Waals surface area contributed by atoms with E-state index in [-0.39, 0.29) is 36.6 Å². The molecule has 1 N–H and O–H groups in total. The van der Waals surface area contributed by atoms with Crippen molar-refractivity contribution in [3.05, 3.63) is 75.7 Å². The Morgan fingerprint density at radius 1 is 1.07 bits per heavy atom. The normalized spacial score (nSPS) is 15.4. The Balaban J connectivity index is 1.53. The molecule has 1 aliphatic rings. The molecule has 5 nitrogen and oxygen atoms in total. The van der Waals surface area contributed by atoms with Crippen LogP contribution in [0, 0.1) is 0 Å². The smallest absolute Gasteiger partial charge is 0.293 e. The first-order valence-electron chi connectivity index (χ1n) is 8.35. The number of thioether (sulfide) groups is 1. The van der Waals surface area contributed by atoms with Crippen molar-refractivity contribution in [3.63, 3.8) is 0 Å². The fourth-order valence-electron chi connectivity index (χ4n) is 2.58. The Morgan fingerprint density at radius 2 is 1.78 bits per heavy atom. The van der Waals surface area contributed by atoms with Crippen LogP contribution < -0.4 is 5.32 Å². The van der Waals surface area contributed by atoms with E-state index in [4.69, 9.17) is 11.6 Å². The molecule has 0 bridgehead atoms. The van der Waals surface area contributed by atoms with Gasteiger partial charge in [0.2, 0.25) is 5.91 Å². The summed E-state index contributed by atoms with van der Waals surface area (Å²) in [6.45, 7) is 0.324. The molecule has 3 amide bonds. The molecule has 27 heavy (non-hydrogen) atoms. The van der Waals surface area contributed by atoms with Gasteiger partial charge in [0.05, 0.1) is 11.3 Å². The van der Waals surface area contributed by atoms with Gasteiger partial charge in [-0.2, -0.15) is 0 Å². The molecule has 0 atom stereocenters. The van der Waals surface area contributed by atoms with Crippen LogP contribution in [0.1, 0.15) is 11.1 Å². The highest BCUT2D eigenvalue weighted by molar-refractivity contribution is 8.18. The Kier molecular flexibility index (Phi) is 6.32. The lowest BCUT2D eigenvalue weighted by Gasteiger charge is -2.13. The highest BCUT2D eigenvalue weighted by atomic mass is 35.5. The maximum absolute atomic E-state index is 12.4. The monoisotopic (exact) mass is 400 g/mol. The van der Waals surface area contributed by atoms with Crippen molar-refractivity contribution in [2.75, 3.05) is 13.1 Å². The number of halogens is 1. The van der Waals surface area contributed by atoms with Gasteiger partial charge < -0.3 is 5.32 Å². The van der Waals surface area contributed by atoms with E-state index in [1.165, 1.54) is 0 Å². The Bertz CT molecular complexity index is 899. The second-order valence-corrected chi connectivity index (χ2v) is 7.26. The second kappa shape index (κ2) is 8.88. The molecule has 0 spiro atoms. The molecule has 2 aromatic rings. The minimum atomic E-state index is -0.339. The summed E-state index contributed by atoms with van der Waals surface area (Å²) >= 11 is 6.95. The third kappa shape index (κ3) is 4.99. The van der Waals surface area contributed by atoms with Crippen LogP contribution >= 0.6 is 23.4 Å². The Morgan fingerprint density at radius 3 is 2.52 bits per heavy atom. The van der Waals surface area contributed by atoms with Gasteiger partial charge in [0.15, 0.2) is 0 Å². The molecule has 3 rings (SSSR count). The van der Waals surface area contributed by atoms with Gasteiger partial charge in [-0.1, -0.05) is 60.1 Å². The van der Waals surface area contributed by atoms with Crippen molar-refractivity contribution in [1.29, 1.82) is 0 Å². The zero-order valence-corrected chi connectivity index (χ0v) is 15.9. The summed E-state index contributed by atoms with van der Waals surface area (Å²) in [6.07, 6.45) is 1.84. The first-order valence-corrected chi connectivity index (χ1v) is 9.54. The summed E-state index contributed by atoms with van der Waals surface area (Å²) in [4.78, 5) is 38.1. The highest BCUT2D eigenvalue weighted by Gasteiger charge is 2.34. The average molecular weight is 401 g/mol. The lowest BCUT2D eigenvalue weighted by Crippen LogP contribution is -2.37. The molecular weight excluding hydrogens is 384 g/mol. The number of imide groups is 1. The zero-order chi connectivity index (χ0) is 19.2. The predicted octanol–water partition coefficient (Wildman–Crippen LogP) is 3.74. The van der Waals surface area contributed by atoms with Crippen molar-refractivity contribution in [2.45, 2.75) is 6.42 Å². The van der Waals surface area contributed by atoms with Gasteiger partial charge in [0.1, 0.15) is 0 Å². The van der Waals surface area contributed by atoms with Crippen LogP contribution in [-0.2, 0) is 16.0 Å². The van der Waals surface area contributed by atoms with Crippen molar-refractivity contribution in [1.82, 2.24) is 10.2 Å². The van der Waals surface area contributed by atoms with Crippen LogP contribution in [-0.4, -0.2) is 35.0 Å². The van der Waals surface area contributed by atoms with E-state index in [1.54, 1.807) is 24.3 Å². The summed E-state index contributed by atoms with van der Waals surface area (Å²) in [5.74, 6) is -0.552. The van der Waals surface area contributed by atoms with Crippen molar-refractivity contribution < 1.29 is 14.4 Å². The minimum absolute atomic E-state index is 0.130. The summed E-state index contributed by atoms with van der Waals surface area (Å²) in [7, 11) is 0. The molecule has 1 fully saturated rings. The van der Waals surface area contributed by atoms with Crippen molar-refractivity contribution in [3.8, 4) is 0 Å². The summed E-state index contributed by atoms with van der Waals surface area (Å²) < 4.78 is 0. The second-order valence-electron chi connectivity index (χ2n) is 5.86. The molecule has 0 unspecified atom stereocenters. The molecule has 0 aliphatic carbocycles. The number of rotatable bonds is 6. The number of amides is 3. The third-order valence-electron chi connectivity index (χ3n) is 3.94. The number of carbonyl (C=O) groups is 3. The SMILES string of the molecule is O=C(Cc1ccccc1Cl)NCCN1C(=O)S/C(=C/c2ccccc2)C1=O. The minimum Gasteiger partial charge on any atom is -0.354 e. The molecule has 1 saturated heterocycles. The van der Waals surface area contributed by atoms with Gasteiger partial charge in [-0.05, 0) is 35.0 Å².